The normalized spacial score (nSPS) is 16.6. The third kappa shape index (κ3) is 4.02. The van der Waals surface area contributed by atoms with E-state index in [2.05, 4.69) is 10.1 Å². The van der Waals surface area contributed by atoms with Gasteiger partial charge in [-0.25, -0.2) is 14.5 Å². The van der Waals surface area contributed by atoms with Gasteiger partial charge in [0.25, 0.3) is 5.91 Å². The van der Waals surface area contributed by atoms with Crippen LogP contribution in [0.3, 0.4) is 0 Å². The van der Waals surface area contributed by atoms with Crippen molar-refractivity contribution in [2.75, 3.05) is 6.54 Å². The average molecular weight is 466 g/mol. The Labute approximate surface area is 195 Å². The highest BCUT2D eigenvalue weighted by Gasteiger charge is 2.31. The first-order valence-corrected chi connectivity index (χ1v) is 12.0. The van der Waals surface area contributed by atoms with E-state index in [9.17, 15) is 4.79 Å². The summed E-state index contributed by atoms with van der Waals surface area (Å²) in [6.45, 7) is 4.62. The molecule has 4 aromatic rings. The molecule has 1 fully saturated rings. The molecule has 32 heavy (non-hydrogen) atoms. The third-order valence-electron chi connectivity index (χ3n) is 5.94. The number of thiazole rings is 1. The fourth-order valence-electron chi connectivity index (χ4n) is 4.35. The molecule has 1 saturated heterocycles. The summed E-state index contributed by atoms with van der Waals surface area (Å²) in [4.78, 5) is 26.0. The standard InChI is InChI=1S/C24H24ClN5OS/c1-15-12-20-27-18(14-30(20)28-23(15)25)13-19-10-6-7-11-29(19)24(31)21-22(32-16(2)26-21)17-8-4-3-5-9-17/h3-5,8-9,12,14,19H,6-7,10-11,13H2,1-2H3/t19-/m0/s1. The summed E-state index contributed by atoms with van der Waals surface area (Å²) in [5, 5.41) is 5.75. The number of piperidine rings is 1. The molecule has 0 aliphatic carbocycles. The highest BCUT2D eigenvalue weighted by molar-refractivity contribution is 7.15. The zero-order chi connectivity index (χ0) is 22.2. The summed E-state index contributed by atoms with van der Waals surface area (Å²) in [6, 6.07) is 12.1. The lowest BCUT2D eigenvalue weighted by molar-refractivity contribution is 0.0608. The number of halogens is 1. The van der Waals surface area contributed by atoms with Crippen molar-refractivity contribution in [2.24, 2.45) is 0 Å². The van der Waals surface area contributed by atoms with E-state index in [4.69, 9.17) is 16.6 Å². The first-order chi connectivity index (χ1) is 15.5. The molecular formula is C24H24ClN5OS. The first kappa shape index (κ1) is 21.1. The van der Waals surface area contributed by atoms with Gasteiger partial charge in [-0.1, -0.05) is 41.9 Å². The van der Waals surface area contributed by atoms with Crippen molar-refractivity contribution >= 4 is 34.5 Å². The van der Waals surface area contributed by atoms with Gasteiger partial charge in [0.1, 0.15) is 5.69 Å². The maximum absolute atomic E-state index is 13.7. The van der Waals surface area contributed by atoms with E-state index >= 15 is 0 Å². The maximum Gasteiger partial charge on any atom is 0.274 e. The Balaban J connectivity index is 1.44. The number of likely N-dealkylation sites (tertiary alicyclic amines) is 1. The Morgan fingerprint density at radius 1 is 1.19 bits per heavy atom. The molecule has 1 aliphatic heterocycles. The Morgan fingerprint density at radius 3 is 2.81 bits per heavy atom. The second-order valence-electron chi connectivity index (χ2n) is 8.28. The lowest BCUT2D eigenvalue weighted by Gasteiger charge is -2.35. The van der Waals surface area contributed by atoms with E-state index in [0.717, 1.165) is 58.2 Å². The molecule has 0 bridgehead atoms. The van der Waals surface area contributed by atoms with Crippen molar-refractivity contribution in [1.82, 2.24) is 24.5 Å². The van der Waals surface area contributed by atoms with Crippen LogP contribution in [-0.2, 0) is 6.42 Å². The zero-order valence-corrected chi connectivity index (χ0v) is 19.7. The predicted molar refractivity (Wildman–Crippen MR) is 127 cm³/mol. The number of aryl methyl sites for hydroxylation is 2. The van der Waals surface area contributed by atoms with Crippen LogP contribution in [0.4, 0.5) is 0 Å². The number of carbonyl (C=O) groups excluding carboxylic acids is 1. The molecule has 0 saturated carbocycles. The van der Waals surface area contributed by atoms with Crippen LogP contribution in [0.15, 0.2) is 42.6 Å². The Kier molecular flexibility index (Phi) is 5.69. The van der Waals surface area contributed by atoms with Crippen LogP contribution in [0.5, 0.6) is 0 Å². The summed E-state index contributed by atoms with van der Waals surface area (Å²) >= 11 is 7.75. The van der Waals surface area contributed by atoms with Crippen LogP contribution in [-0.4, -0.2) is 43.0 Å². The average Bonchev–Trinajstić information content (AvgIpc) is 3.37. The Hall–Kier alpha value is -2.77. The van der Waals surface area contributed by atoms with Crippen LogP contribution in [0.2, 0.25) is 5.15 Å². The fraction of sp³-hybridized carbons (Fsp3) is 0.333. The lowest BCUT2D eigenvalue weighted by atomic mass is 9.97. The minimum absolute atomic E-state index is 0.0127. The number of hydrogen-bond acceptors (Lipinski definition) is 5. The summed E-state index contributed by atoms with van der Waals surface area (Å²) in [6.07, 6.45) is 5.67. The van der Waals surface area contributed by atoms with Crippen molar-refractivity contribution in [3.63, 3.8) is 0 Å². The quantitative estimate of drug-likeness (QED) is 0.407. The molecule has 5 rings (SSSR count). The van der Waals surface area contributed by atoms with Crippen LogP contribution < -0.4 is 0 Å². The molecule has 1 amide bonds. The molecular weight excluding hydrogens is 442 g/mol. The SMILES string of the molecule is Cc1nc(C(=O)N2CCCC[C@H]2Cc2cn3nc(Cl)c(C)cc3n2)c(-c2ccccc2)s1. The van der Waals surface area contributed by atoms with Gasteiger partial charge in [0.2, 0.25) is 0 Å². The van der Waals surface area contributed by atoms with Crippen molar-refractivity contribution in [1.29, 1.82) is 0 Å². The second-order valence-corrected chi connectivity index (χ2v) is 9.84. The number of aromatic nitrogens is 4. The van der Waals surface area contributed by atoms with Gasteiger partial charge in [-0.15, -0.1) is 11.3 Å². The highest BCUT2D eigenvalue weighted by Crippen LogP contribution is 2.32. The van der Waals surface area contributed by atoms with Crippen molar-refractivity contribution in [3.05, 3.63) is 69.7 Å². The number of carbonyl (C=O) groups is 1. The van der Waals surface area contributed by atoms with E-state index in [1.54, 1.807) is 15.9 Å². The highest BCUT2D eigenvalue weighted by atomic mass is 35.5. The number of imidazole rings is 1. The molecule has 1 atom stereocenters. The predicted octanol–water partition coefficient (Wildman–Crippen LogP) is 5.36. The van der Waals surface area contributed by atoms with Crippen LogP contribution in [0, 0.1) is 13.8 Å². The summed E-state index contributed by atoms with van der Waals surface area (Å²) in [7, 11) is 0. The number of hydrogen-bond donors (Lipinski definition) is 0. The third-order valence-corrected chi connectivity index (χ3v) is 7.33. The maximum atomic E-state index is 13.7. The molecule has 0 N–H and O–H groups in total. The molecule has 0 unspecified atom stereocenters. The topological polar surface area (TPSA) is 63.4 Å². The minimum atomic E-state index is 0.0127. The molecule has 1 aromatic carbocycles. The van der Waals surface area contributed by atoms with Crippen LogP contribution in [0.25, 0.3) is 16.1 Å². The van der Waals surface area contributed by atoms with E-state index in [1.165, 1.54) is 0 Å². The number of benzene rings is 1. The molecule has 8 heteroatoms. The van der Waals surface area contributed by atoms with Gasteiger partial charge in [0.15, 0.2) is 10.8 Å². The minimum Gasteiger partial charge on any atom is -0.334 e. The van der Waals surface area contributed by atoms with Crippen molar-refractivity contribution < 1.29 is 4.79 Å². The van der Waals surface area contributed by atoms with Crippen LogP contribution >= 0.6 is 22.9 Å². The first-order valence-electron chi connectivity index (χ1n) is 10.8. The Bertz CT molecular complexity index is 1240. The molecule has 164 valence electrons. The molecule has 0 spiro atoms. The van der Waals surface area contributed by atoms with Gasteiger partial charge in [-0.3, -0.25) is 4.79 Å². The number of nitrogens with zero attached hydrogens (tertiary/aromatic N) is 5. The van der Waals surface area contributed by atoms with Gasteiger partial charge in [0, 0.05) is 19.0 Å². The number of amides is 1. The Morgan fingerprint density at radius 2 is 2.00 bits per heavy atom. The van der Waals surface area contributed by atoms with E-state index < -0.39 is 0 Å². The lowest BCUT2D eigenvalue weighted by Crippen LogP contribution is -2.45. The van der Waals surface area contributed by atoms with E-state index in [-0.39, 0.29) is 11.9 Å². The monoisotopic (exact) mass is 465 g/mol. The van der Waals surface area contributed by atoms with E-state index in [0.29, 0.717) is 17.3 Å². The van der Waals surface area contributed by atoms with E-state index in [1.807, 2.05) is 61.3 Å². The molecule has 1 aliphatic rings. The smallest absolute Gasteiger partial charge is 0.274 e. The van der Waals surface area contributed by atoms with Gasteiger partial charge < -0.3 is 4.90 Å². The molecule has 0 radical (unpaired) electrons. The van der Waals surface area contributed by atoms with Gasteiger partial charge in [-0.2, -0.15) is 5.10 Å². The summed E-state index contributed by atoms with van der Waals surface area (Å²) < 4.78 is 1.72. The van der Waals surface area contributed by atoms with Gasteiger partial charge in [-0.05, 0) is 50.3 Å². The number of fused-ring (bicyclic) bond motifs is 1. The molecule has 6 nitrogen and oxygen atoms in total. The largest absolute Gasteiger partial charge is 0.334 e. The molecule has 4 heterocycles. The summed E-state index contributed by atoms with van der Waals surface area (Å²) in [5.74, 6) is 0.0127. The van der Waals surface area contributed by atoms with Gasteiger partial charge in [0.05, 0.1) is 21.8 Å². The van der Waals surface area contributed by atoms with Crippen LogP contribution in [0.1, 0.15) is 46.0 Å². The zero-order valence-electron chi connectivity index (χ0n) is 18.1. The molecule has 3 aromatic heterocycles. The van der Waals surface area contributed by atoms with Gasteiger partial charge >= 0.3 is 0 Å². The number of rotatable bonds is 4. The van der Waals surface area contributed by atoms with Crippen molar-refractivity contribution in [3.8, 4) is 10.4 Å². The fourth-order valence-corrected chi connectivity index (χ4v) is 5.40. The second kappa shape index (κ2) is 8.64. The van der Waals surface area contributed by atoms with Crippen molar-refractivity contribution in [2.45, 2.75) is 45.6 Å². The summed E-state index contributed by atoms with van der Waals surface area (Å²) in [5.41, 5.74) is 4.19.